The molecule has 0 fully saturated rings. The fourth-order valence-corrected chi connectivity index (χ4v) is 2.25. The van der Waals surface area contributed by atoms with Crippen molar-refractivity contribution in [3.05, 3.63) is 77.6 Å². The molecule has 0 saturated carbocycles. The van der Waals surface area contributed by atoms with E-state index in [1.54, 1.807) is 6.07 Å². The van der Waals surface area contributed by atoms with Gasteiger partial charge in [-0.05, 0) is 41.3 Å². The van der Waals surface area contributed by atoms with Gasteiger partial charge >= 0.3 is 0 Å². The van der Waals surface area contributed by atoms with E-state index in [9.17, 15) is 14.3 Å². The maximum atomic E-state index is 13.1. The predicted molar refractivity (Wildman–Crippen MR) is 87.1 cm³/mol. The molecule has 0 aliphatic rings. The summed E-state index contributed by atoms with van der Waals surface area (Å²) in [4.78, 5) is 11.8. The highest BCUT2D eigenvalue weighted by molar-refractivity contribution is 5.96. The van der Waals surface area contributed by atoms with E-state index in [1.807, 2.05) is 30.3 Å². The number of nitrogens with zero attached hydrogens (tertiary/aromatic N) is 1. The van der Waals surface area contributed by atoms with E-state index < -0.39 is 11.7 Å². The Labute approximate surface area is 131 Å². The van der Waals surface area contributed by atoms with Gasteiger partial charge in [0.2, 0.25) is 0 Å². The van der Waals surface area contributed by atoms with Crippen LogP contribution in [-0.4, -0.2) is 17.2 Å². The van der Waals surface area contributed by atoms with Gasteiger partial charge in [0.05, 0.1) is 6.21 Å². The van der Waals surface area contributed by atoms with Gasteiger partial charge in [-0.25, -0.2) is 9.82 Å². The van der Waals surface area contributed by atoms with E-state index in [0.29, 0.717) is 5.56 Å². The highest BCUT2D eigenvalue weighted by atomic mass is 19.1. The molecule has 0 heterocycles. The van der Waals surface area contributed by atoms with Crippen molar-refractivity contribution in [3.63, 3.8) is 0 Å². The minimum Gasteiger partial charge on any atom is -0.507 e. The predicted octanol–water partition coefficient (Wildman–Crippen LogP) is 3.45. The third kappa shape index (κ3) is 3.35. The molecule has 0 unspecified atom stereocenters. The van der Waals surface area contributed by atoms with Crippen molar-refractivity contribution >= 4 is 22.9 Å². The van der Waals surface area contributed by atoms with Crippen LogP contribution in [-0.2, 0) is 0 Å². The number of amides is 1. The van der Waals surface area contributed by atoms with Crippen LogP contribution >= 0.6 is 0 Å². The molecule has 0 aromatic heterocycles. The molecule has 0 bridgehead atoms. The zero-order valence-corrected chi connectivity index (χ0v) is 12.0. The number of aromatic hydroxyl groups is 1. The molecule has 0 aliphatic heterocycles. The molecular weight excluding hydrogens is 295 g/mol. The lowest BCUT2D eigenvalue weighted by Crippen LogP contribution is -2.17. The first-order valence-electron chi connectivity index (χ1n) is 6.94. The minimum atomic E-state index is -0.509. The summed E-state index contributed by atoms with van der Waals surface area (Å²) in [6.07, 6.45) is 1.42. The second-order valence-electron chi connectivity index (χ2n) is 4.97. The molecule has 3 aromatic carbocycles. The Hall–Kier alpha value is -3.21. The minimum absolute atomic E-state index is 0.140. The Morgan fingerprint density at radius 1 is 1.09 bits per heavy atom. The quantitative estimate of drug-likeness (QED) is 0.575. The molecule has 114 valence electrons. The first-order valence-corrected chi connectivity index (χ1v) is 6.94. The normalized spacial score (nSPS) is 11.0. The number of hydrogen-bond acceptors (Lipinski definition) is 3. The summed E-state index contributed by atoms with van der Waals surface area (Å²) in [5.74, 6) is -0.854. The number of phenolic OH excluding ortho intramolecular Hbond substituents is 1. The Balaban J connectivity index is 1.77. The largest absolute Gasteiger partial charge is 0.507 e. The summed E-state index contributed by atoms with van der Waals surface area (Å²) in [5, 5.41) is 15.4. The summed E-state index contributed by atoms with van der Waals surface area (Å²) in [6, 6.07) is 16.1. The SMILES string of the molecule is O=C(N/N=C/c1cc(O)c2ccccc2c1)c1cccc(F)c1. The molecule has 1 amide bonds. The lowest BCUT2D eigenvalue weighted by Gasteiger charge is -2.03. The molecule has 0 saturated heterocycles. The summed E-state index contributed by atoms with van der Waals surface area (Å²) < 4.78 is 13.1. The third-order valence-corrected chi connectivity index (χ3v) is 3.33. The molecule has 3 rings (SSSR count). The van der Waals surface area contributed by atoms with Crippen LogP contribution in [0.25, 0.3) is 10.8 Å². The summed E-state index contributed by atoms with van der Waals surface area (Å²) in [6.45, 7) is 0. The van der Waals surface area contributed by atoms with Crippen LogP contribution in [0.5, 0.6) is 5.75 Å². The Bertz CT molecular complexity index is 906. The van der Waals surface area contributed by atoms with Crippen LogP contribution in [0, 0.1) is 5.82 Å². The van der Waals surface area contributed by atoms with Crippen molar-refractivity contribution < 1.29 is 14.3 Å². The van der Waals surface area contributed by atoms with Gasteiger partial charge in [-0.15, -0.1) is 0 Å². The number of halogens is 1. The molecule has 4 nitrogen and oxygen atoms in total. The van der Waals surface area contributed by atoms with E-state index in [4.69, 9.17) is 0 Å². The molecular formula is C18H13FN2O2. The highest BCUT2D eigenvalue weighted by Gasteiger charge is 2.05. The molecule has 0 radical (unpaired) electrons. The maximum Gasteiger partial charge on any atom is 0.271 e. The molecule has 0 aliphatic carbocycles. The van der Waals surface area contributed by atoms with Crippen LogP contribution in [0.3, 0.4) is 0 Å². The van der Waals surface area contributed by atoms with Gasteiger partial charge in [0, 0.05) is 10.9 Å². The van der Waals surface area contributed by atoms with Crippen molar-refractivity contribution in [2.75, 3.05) is 0 Å². The zero-order valence-electron chi connectivity index (χ0n) is 12.0. The second kappa shape index (κ2) is 6.27. The third-order valence-electron chi connectivity index (χ3n) is 3.33. The molecule has 3 aromatic rings. The molecule has 0 spiro atoms. The summed E-state index contributed by atoms with van der Waals surface area (Å²) in [5.41, 5.74) is 3.15. The molecule has 5 heteroatoms. The number of phenols is 1. The van der Waals surface area contributed by atoms with Crippen LogP contribution in [0.1, 0.15) is 15.9 Å². The molecule has 2 N–H and O–H groups in total. The van der Waals surface area contributed by atoms with E-state index in [0.717, 1.165) is 16.8 Å². The van der Waals surface area contributed by atoms with Crippen LogP contribution in [0.2, 0.25) is 0 Å². The van der Waals surface area contributed by atoms with Gasteiger partial charge in [0.25, 0.3) is 5.91 Å². The van der Waals surface area contributed by atoms with Crippen molar-refractivity contribution in [2.45, 2.75) is 0 Å². The fourth-order valence-electron chi connectivity index (χ4n) is 2.25. The number of carbonyl (C=O) groups excluding carboxylic acids is 1. The lowest BCUT2D eigenvalue weighted by atomic mass is 10.1. The van der Waals surface area contributed by atoms with Crippen molar-refractivity contribution in [1.29, 1.82) is 0 Å². The van der Waals surface area contributed by atoms with Gasteiger partial charge in [0.15, 0.2) is 0 Å². The Morgan fingerprint density at radius 2 is 1.91 bits per heavy atom. The van der Waals surface area contributed by atoms with Crippen molar-refractivity contribution in [2.24, 2.45) is 5.10 Å². The lowest BCUT2D eigenvalue weighted by molar-refractivity contribution is 0.0954. The zero-order chi connectivity index (χ0) is 16.2. The van der Waals surface area contributed by atoms with E-state index in [2.05, 4.69) is 10.5 Å². The monoisotopic (exact) mass is 308 g/mol. The standard InChI is InChI=1S/C18H13FN2O2/c19-15-6-3-5-14(10-15)18(23)21-20-11-12-8-13-4-1-2-7-16(13)17(22)9-12/h1-11,22H,(H,21,23)/b20-11+. The fraction of sp³-hybridized carbons (Fsp3) is 0. The van der Waals surface area contributed by atoms with Crippen LogP contribution < -0.4 is 5.43 Å². The van der Waals surface area contributed by atoms with E-state index in [-0.39, 0.29) is 11.3 Å². The van der Waals surface area contributed by atoms with E-state index in [1.165, 1.54) is 24.4 Å². The van der Waals surface area contributed by atoms with Crippen molar-refractivity contribution in [1.82, 2.24) is 5.43 Å². The first-order chi connectivity index (χ1) is 11.1. The van der Waals surface area contributed by atoms with Gasteiger partial charge in [-0.1, -0.05) is 30.3 Å². The van der Waals surface area contributed by atoms with Gasteiger partial charge in [-0.2, -0.15) is 5.10 Å². The highest BCUT2D eigenvalue weighted by Crippen LogP contribution is 2.25. The average Bonchev–Trinajstić information content (AvgIpc) is 2.55. The molecule has 0 atom stereocenters. The van der Waals surface area contributed by atoms with Gasteiger partial charge in [-0.3, -0.25) is 4.79 Å². The topological polar surface area (TPSA) is 61.7 Å². The first kappa shape index (κ1) is 14.7. The van der Waals surface area contributed by atoms with E-state index >= 15 is 0 Å². The van der Waals surface area contributed by atoms with Gasteiger partial charge in [0.1, 0.15) is 11.6 Å². The Morgan fingerprint density at radius 3 is 2.74 bits per heavy atom. The summed E-state index contributed by atoms with van der Waals surface area (Å²) >= 11 is 0. The Kier molecular flexibility index (Phi) is 4.01. The maximum absolute atomic E-state index is 13.1. The average molecular weight is 308 g/mol. The van der Waals surface area contributed by atoms with Crippen molar-refractivity contribution in [3.8, 4) is 5.75 Å². The second-order valence-corrected chi connectivity index (χ2v) is 4.97. The van der Waals surface area contributed by atoms with Crippen LogP contribution in [0.15, 0.2) is 65.8 Å². The number of benzene rings is 3. The summed E-state index contributed by atoms with van der Waals surface area (Å²) in [7, 11) is 0. The number of fused-ring (bicyclic) bond motifs is 1. The number of nitrogens with one attached hydrogen (secondary N) is 1. The number of hydrogen-bond donors (Lipinski definition) is 2. The number of hydrazone groups is 1. The van der Waals surface area contributed by atoms with Gasteiger partial charge < -0.3 is 5.11 Å². The smallest absolute Gasteiger partial charge is 0.271 e. The number of carbonyl (C=O) groups is 1. The van der Waals surface area contributed by atoms with Crippen LogP contribution in [0.4, 0.5) is 4.39 Å². The molecule has 23 heavy (non-hydrogen) atoms. The number of rotatable bonds is 3.